The predicted octanol–water partition coefficient (Wildman–Crippen LogP) is 8.60. The van der Waals surface area contributed by atoms with E-state index < -0.39 is 0 Å². The van der Waals surface area contributed by atoms with E-state index in [1.807, 2.05) is 0 Å². The first-order chi connectivity index (χ1) is 10.9. The molecule has 0 saturated heterocycles. The second kappa shape index (κ2) is 20.7. The van der Waals surface area contributed by atoms with Crippen LogP contribution >= 0.6 is 0 Å². The summed E-state index contributed by atoms with van der Waals surface area (Å²) in [4.78, 5) is 0. The third-order valence-corrected chi connectivity index (χ3v) is 4.63. The molecular formula is C22H44. The van der Waals surface area contributed by atoms with Gasteiger partial charge in [0.2, 0.25) is 0 Å². The van der Waals surface area contributed by atoms with Gasteiger partial charge in [0.1, 0.15) is 0 Å². The Balaban J connectivity index is 2.95. The summed E-state index contributed by atoms with van der Waals surface area (Å²) in [5, 5.41) is 0. The Labute approximate surface area is 142 Å². The molecule has 0 rings (SSSR count). The van der Waals surface area contributed by atoms with Gasteiger partial charge in [-0.05, 0) is 19.3 Å². The smallest absolute Gasteiger partial charge is 0.0351 e. The van der Waals surface area contributed by atoms with E-state index in [4.69, 9.17) is 0 Å². The van der Waals surface area contributed by atoms with Crippen molar-refractivity contribution in [2.24, 2.45) is 0 Å². The minimum Gasteiger partial charge on any atom is -0.0888 e. The van der Waals surface area contributed by atoms with Gasteiger partial charge in [-0.1, -0.05) is 122 Å². The highest BCUT2D eigenvalue weighted by Gasteiger charge is 1.94. The number of allylic oxidation sites excluding steroid dienone is 2. The molecular weight excluding hydrogens is 264 g/mol. The van der Waals surface area contributed by atoms with Crippen LogP contribution in [0.4, 0.5) is 0 Å². The molecule has 0 nitrogen and oxygen atoms in total. The SMILES string of the molecule is CC/C=C\CCCCCCCCCCCCCCCCCC. The minimum absolute atomic E-state index is 1.19. The molecule has 0 aliphatic heterocycles. The molecule has 0 bridgehead atoms. The van der Waals surface area contributed by atoms with E-state index in [1.165, 1.54) is 116 Å². The molecule has 0 heteroatoms. The van der Waals surface area contributed by atoms with E-state index in [0.29, 0.717) is 0 Å². The summed E-state index contributed by atoms with van der Waals surface area (Å²) >= 11 is 0. The first kappa shape index (κ1) is 21.7. The molecule has 0 spiro atoms. The monoisotopic (exact) mass is 308 g/mol. The lowest BCUT2D eigenvalue weighted by molar-refractivity contribution is 0.530. The summed E-state index contributed by atoms with van der Waals surface area (Å²) in [6.07, 6.45) is 30.5. The van der Waals surface area contributed by atoms with Crippen LogP contribution in [0.3, 0.4) is 0 Å². The Morgan fingerprint density at radius 1 is 0.409 bits per heavy atom. The lowest BCUT2D eigenvalue weighted by Crippen LogP contribution is -1.83. The summed E-state index contributed by atoms with van der Waals surface area (Å²) in [5.74, 6) is 0. The van der Waals surface area contributed by atoms with Crippen molar-refractivity contribution < 1.29 is 0 Å². The van der Waals surface area contributed by atoms with E-state index in [1.54, 1.807) is 0 Å². The van der Waals surface area contributed by atoms with E-state index in [-0.39, 0.29) is 0 Å². The van der Waals surface area contributed by atoms with Crippen molar-refractivity contribution >= 4 is 0 Å². The summed E-state index contributed by atoms with van der Waals surface area (Å²) in [7, 11) is 0. The molecule has 0 amide bonds. The van der Waals surface area contributed by atoms with Crippen LogP contribution in [0.2, 0.25) is 0 Å². The highest BCUT2D eigenvalue weighted by molar-refractivity contribution is 4.79. The van der Waals surface area contributed by atoms with Crippen LogP contribution in [0.25, 0.3) is 0 Å². The molecule has 132 valence electrons. The maximum atomic E-state index is 2.35. The van der Waals surface area contributed by atoms with Gasteiger partial charge in [0, 0.05) is 0 Å². The molecule has 0 fully saturated rings. The molecule has 0 saturated carbocycles. The summed E-state index contributed by atoms with van der Waals surface area (Å²) in [6.45, 7) is 4.51. The number of hydrogen-bond acceptors (Lipinski definition) is 0. The average Bonchev–Trinajstić information content (AvgIpc) is 2.54. The molecule has 22 heavy (non-hydrogen) atoms. The van der Waals surface area contributed by atoms with Crippen LogP contribution in [0, 0.1) is 0 Å². The van der Waals surface area contributed by atoms with E-state index in [0.717, 1.165) is 0 Å². The first-order valence-electron chi connectivity index (χ1n) is 10.6. The predicted molar refractivity (Wildman–Crippen MR) is 104 cm³/mol. The molecule has 0 aromatic rings. The van der Waals surface area contributed by atoms with Crippen LogP contribution in [-0.4, -0.2) is 0 Å². The summed E-state index contributed by atoms with van der Waals surface area (Å²) in [6, 6.07) is 0. The van der Waals surface area contributed by atoms with Gasteiger partial charge in [-0.2, -0.15) is 0 Å². The fraction of sp³-hybridized carbons (Fsp3) is 0.909. The number of hydrogen-bond donors (Lipinski definition) is 0. The van der Waals surface area contributed by atoms with E-state index in [9.17, 15) is 0 Å². The molecule has 0 atom stereocenters. The lowest BCUT2D eigenvalue weighted by atomic mass is 10.0. The second-order valence-electron chi connectivity index (χ2n) is 6.97. The van der Waals surface area contributed by atoms with Gasteiger partial charge in [0.05, 0.1) is 0 Å². The van der Waals surface area contributed by atoms with Gasteiger partial charge < -0.3 is 0 Å². The maximum Gasteiger partial charge on any atom is -0.0351 e. The van der Waals surface area contributed by atoms with E-state index >= 15 is 0 Å². The van der Waals surface area contributed by atoms with Crippen molar-refractivity contribution in [3.63, 3.8) is 0 Å². The zero-order valence-electron chi connectivity index (χ0n) is 15.9. The molecule has 0 radical (unpaired) electrons. The third-order valence-electron chi connectivity index (χ3n) is 4.63. The van der Waals surface area contributed by atoms with Crippen LogP contribution in [-0.2, 0) is 0 Å². The Morgan fingerprint density at radius 2 is 0.773 bits per heavy atom. The molecule has 0 aromatic carbocycles. The Morgan fingerprint density at radius 3 is 1.14 bits per heavy atom. The minimum atomic E-state index is 1.19. The maximum absolute atomic E-state index is 2.35. The number of rotatable bonds is 18. The molecule has 0 aliphatic rings. The van der Waals surface area contributed by atoms with Crippen molar-refractivity contribution in [2.75, 3.05) is 0 Å². The highest BCUT2D eigenvalue weighted by atomic mass is 14.0. The largest absolute Gasteiger partial charge is 0.0888 e. The molecule has 0 N–H and O–H groups in total. The van der Waals surface area contributed by atoms with Crippen molar-refractivity contribution in [1.29, 1.82) is 0 Å². The number of unbranched alkanes of at least 4 members (excludes halogenated alkanes) is 16. The lowest BCUT2D eigenvalue weighted by Gasteiger charge is -2.03. The van der Waals surface area contributed by atoms with Crippen molar-refractivity contribution in [3.8, 4) is 0 Å². The van der Waals surface area contributed by atoms with Crippen molar-refractivity contribution in [1.82, 2.24) is 0 Å². The zero-order chi connectivity index (χ0) is 16.1. The summed E-state index contributed by atoms with van der Waals surface area (Å²) in [5.41, 5.74) is 0. The molecule has 0 aromatic heterocycles. The van der Waals surface area contributed by atoms with Gasteiger partial charge in [0.15, 0.2) is 0 Å². The molecule has 0 unspecified atom stereocenters. The first-order valence-corrected chi connectivity index (χ1v) is 10.6. The Hall–Kier alpha value is -0.260. The Kier molecular flexibility index (Phi) is 20.5. The molecule has 0 heterocycles. The highest BCUT2D eigenvalue weighted by Crippen LogP contribution is 2.14. The summed E-state index contributed by atoms with van der Waals surface area (Å²) < 4.78 is 0. The zero-order valence-corrected chi connectivity index (χ0v) is 15.9. The van der Waals surface area contributed by atoms with Gasteiger partial charge in [-0.15, -0.1) is 0 Å². The topological polar surface area (TPSA) is 0 Å². The average molecular weight is 309 g/mol. The van der Waals surface area contributed by atoms with Crippen molar-refractivity contribution in [3.05, 3.63) is 12.2 Å². The van der Waals surface area contributed by atoms with Gasteiger partial charge in [-0.3, -0.25) is 0 Å². The van der Waals surface area contributed by atoms with Crippen LogP contribution in [0.15, 0.2) is 12.2 Å². The Bertz CT molecular complexity index is 204. The second-order valence-corrected chi connectivity index (χ2v) is 6.97. The standard InChI is InChI=1S/C22H44/c1-3-5-7-9-11-13-15-17-19-21-22-20-18-16-14-12-10-8-6-4-2/h5,7H,3-4,6,8-22H2,1-2H3/b7-5-. The molecule has 0 aliphatic carbocycles. The van der Waals surface area contributed by atoms with Crippen molar-refractivity contribution in [2.45, 2.75) is 129 Å². The fourth-order valence-electron chi connectivity index (χ4n) is 3.09. The van der Waals surface area contributed by atoms with E-state index in [2.05, 4.69) is 26.0 Å². The van der Waals surface area contributed by atoms with Gasteiger partial charge >= 0.3 is 0 Å². The van der Waals surface area contributed by atoms with Gasteiger partial charge in [0.25, 0.3) is 0 Å². The third kappa shape index (κ3) is 19.7. The van der Waals surface area contributed by atoms with Crippen LogP contribution in [0.5, 0.6) is 0 Å². The fourth-order valence-corrected chi connectivity index (χ4v) is 3.09. The van der Waals surface area contributed by atoms with Crippen LogP contribution in [0.1, 0.15) is 129 Å². The van der Waals surface area contributed by atoms with Gasteiger partial charge in [-0.25, -0.2) is 0 Å². The normalized spacial score (nSPS) is 11.5. The quantitative estimate of drug-likeness (QED) is 0.176. The van der Waals surface area contributed by atoms with Crippen LogP contribution < -0.4 is 0 Å².